The maximum absolute atomic E-state index is 12.5. The van der Waals surface area contributed by atoms with E-state index in [4.69, 9.17) is 0 Å². The van der Waals surface area contributed by atoms with Gasteiger partial charge >= 0.3 is 0 Å². The number of amides is 1. The van der Waals surface area contributed by atoms with Crippen LogP contribution in [0.15, 0.2) is 12.2 Å². The molecule has 0 heterocycles. The molecule has 2 atom stereocenters. The Labute approximate surface area is 106 Å². The Morgan fingerprint density at radius 3 is 2.71 bits per heavy atom. The minimum Gasteiger partial charge on any atom is -0.340 e. The van der Waals surface area contributed by atoms with Crippen LogP contribution < -0.4 is 0 Å². The quantitative estimate of drug-likeness (QED) is 0.644. The van der Waals surface area contributed by atoms with Crippen molar-refractivity contribution in [3.8, 4) is 0 Å². The molecule has 0 saturated heterocycles. The molecule has 1 amide bonds. The second kappa shape index (κ2) is 7.52. The Kier molecular flexibility index (Phi) is 6.31. The monoisotopic (exact) mass is 237 g/mol. The lowest BCUT2D eigenvalue weighted by Gasteiger charge is -2.32. The van der Waals surface area contributed by atoms with E-state index in [1.165, 1.54) is 0 Å². The molecule has 0 fully saturated rings. The van der Waals surface area contributed by atoms with Crippen molar-refractivity contribution in [2.45, 2.75) is 65.3 Å². The van der Waals surface area contributed by atoms with Gasteiger partial charge in [-0.05, 0) is 39.0 Å². The van der Waals surface area contributed by atoms with Gasteiger partial charge < -0.3 is 4.90 Å². The largest absolute Gasteiger partial charge is 0.340 e. The van der Waals surface area contributed by atoms with Crippen LogP contribution in [-0.4, -0.2) is 23.4 Å². The summed E-state index contributed by atoms with van der Waals surface area (Å²) in [4.78, 5) is 14.6. The smallest absolute Gasteiger partial charge is 0.226 e. The van der Waals surface area contributed by atoms with Gasteiger partial charge in [0.25, 0.3) is 0 Å². The number of carbonyl (C=O) groups is 1. The van der Waals surface area contributed by atoms with Gasteiger partial charge in [-0.25, -0.2) is 0 Å². The lowest BCUT2D eigenvalue weighted by molar-refractivity contribution is -0.138. The summed E-state index contributed by atoms with van der Waals surface area (Å²) >= 11 is 0. The fraction of sp³-hybridized carbons (Fsp3) is 0.800. The summed E-state index contributed by atoms with van der Waals surface area (Å²) < 4.78 is 0. The molecule has 0 N–H and O–H groups in total. The Balaban J connectivity index is 2.60. The summed E-state index contributed by atoms with van der Waals surface area (Å²) in [5.74, 6) is 0.628. The summed E-state index contributed by atoms with van der Waals surface area (Å²) in [6.45, 7) is 7.46. The van der Waals surface area contributed by atoms with Crippen LogP contribution in [-0.2, 0) is 4.79 Å². The Bertz CT molecular complexity index is 260. The zero-order valence-corrected chi connectivity index (χ0v) is 11.6. The van der Waals surface area contributed by atoms with E-state index in [-0.39, 0.29) is 5.92 Å². The first-order valence-electron chi connectivity index (χ1n) is 7.16. The molecule has 0 aliphatic heterocycles. The summed E-state index contributed by atoms with van der Waals surface area (Å²) in [5.41, 5.74) is 0. The third-order valence-corrected chi connectivity index (χ3v) is 3.78. The van der Waals surface area contributed by atoms with Gasteiger partial charge in [-0.15, -0.1) is 0 Å². The van der Waals surface area contributed by atoms with Crippen molar-refractivity contribution in [3.63, 3.8) is 0 Å². The predicted octanol–water partition coefficient (Wildman–Crippen LogP) is 3.77. The molecule has 0 aromatic rings. The average Bonchev–Trinajstić information content (AvgIpc) is 2.39. The average molecular weight is 237 g/mol. The minimum atomic E-state index is 0.242. The zero-order valence-electron chi connectivity index (χ0n) is 11.6. The van der Waals surface area contributed by atoms with Gasteiger partial charge in [-0.2, -0.15) is 0 Å². The van der Waals surface area contributed by atoms with E-state index < -0.39 is 0 Å². The molecule has 2 unspecified atom stereocenters. The van der Waals surface area contributed by atoms with Crippen LogP contribution in [0.5, 0.6) is 0 Å². The fourth-order valence-corrected chi connectivity index (χ4v) is 2.35. The van der Waals surface area contributed by atoms with Crippen LogP contribution in [0.4, 0.5) is 0 Å². The topological polar surface area (TPSA) is 20.3 Å². The highest BCUT2D eigenvalue weighted by Gasteiger charge is 2.26. The summed E-state index contributed by atoms with van der Waals surface area (Å²) in [5, 5.41) is 0. The maximum Gasteiger partial charge on any atom is 0.226 e. The molecule has 0 bridgehead atoms. The number of allylic oxidation sites excluding steroid dienone is 2. The molecule has 1 aliphatic rings. The van der Waals surface area contributed by atoms with Crippen molar-refractivity contribution >= 4 is 5.91 Å². The molecule has 1 aliphatic carbocycles. The van der Waals surface area contributed by atoms with Crippen LogP contribution in [0.25, 0.3) is 0 Å². The molecule has 1 rings (SSSR count). The Morgan fingerprint density at radius 2 is 2.18 bits per heavy atom. The van der Waals surface area contributed by atoms with Gasteiger partial charge in [0, 0.05) is 18.5 Å². The van der Waals surface area contributed by atoms with Crippen LogP contribution >= 0.6 is 0 Å². The summed E-state index contributed by atoms with van der Waals surface area (Å²) in [7, 11) is 0. The lowest BCUT2D eigenvalue weighted by atomic mass is 9.92. The molecule has 0 radical (unpaired) electrons. The van der Waals surface area contributed by atoms with Crippen LogP contribution in [0, 0.1) is 5.92 Å². The number of carbonyl (C=O) groups excluding carboxylic acids is 1. The summed E-state index contributed by atoms with van der Waals surface area (Å²) in [6.07, 6.45) is 10.7. The molecule has 0 spiro atoms. The molecule has 0 saturated carbocycles. The van der Waals surface area contributed by atoms with Crippen molar-refractivity contribution < 1.29 is 4.79 Å². The first-order chi connectivity index (χ1) is 8.20. The predicted molar refractivity (Wildman–Crippen MR) is 72.9 cm³/mol. The van der Waals surface area contributed by atoms with Crippen molar-refractivity contribution in [2.24, 2.45) is 5.92 Å². The number of rotatable bonds is 6. The number of hydrogen-bond acceptors (Lipinski definition) is 1. The molecule has 98 valence electrons. The molecular weight excluding hydrogens is 210 g/mol. The van der Waals surface area contributed by atoms with Crippen molar-refractivity contribution in [2.75, 3.05) is 6.54 Å². The zero-order chi connectivity index (χ0) is 12.7. The van der Waals surface area contributed by atoms with Crippen LogP contribution in [0.1, 0.15) is 59.3 Å². The third-order valence-electron chi connectivity index (χ3n) is 3.78. The van der Waals surface area contributed by atoms with Gasteiger partial charge in [0.05, 0.1) is 0 Å². The third kappa shape index (κ3) is 4.18. The SMILES string of the molecule is CCCCN(C(=O)C1CC=CCC1)C(C)CC. The van der Waals surface area contributed by atoms with Gasteiger partial charge in [0.15, 0.2) is 0 Å². The normalized spacial score (nSPS) is 21.2. The van der Waals surface area contributed by atoms with Crippen molar-refractivity contribution in [3.05, 3.63) is 12.2 Å². The van der Waals surface area contributed by atoms with Gasteiger partial charge in [-0.3, -0.25) is 4.79 Å². The van der Waals surface area contributed by atoms with Gasteiger partial charge in [0.1, 0.15) is 0 Å². The lowest BCUT2D eigenvalue weighted by Crippen LogP contribution is -2.42. The number of hydrogen-bond donors (Lipinski definition) is 0. The number of unbranched alkanes of at least 4 members (excludes halogenated alkanes) is 1. The van der Waals surface area contributed by atoms with Gasteiger partial charge in [0.2, 0.25) is 5.91 Å². The summed E-state index contributed by atoms with van der Waals surface area (Å²) in [6, 6.07) is 0.389. The molecule has 17 heavy (non-hydrogen) atoms. The van der Waals surface area contributed by atoms with E-state index in [0.29, 0.717) is 11.9 Å². The standard InChI is InChI=1S/C15H27NO/c1-4-6-12-16(13(3)5-2)15(17)14-10-8-7-9-11-14/h7-8,13-14H,4-6,9-12H2,1-3H3. The number of nitrogens with zero attached hydrogens (tertiary/aromatic N) is 1. The first-order valence-corrected chi connectivity index (χ1v) is 7.16. The molecule has 2 heteroatoms. The van der Waals surface area contributed by atoms with E-state index in [0.717, 1.165) is 45.1 Å². The van der Waals surface area contributed by atoms with E-state index in [1.807, 2.05) is 0 Å². The molecule has 0 aromatic heterocycles. The van der Waals surface area contributed by atoms with E-state index in [2.05, 4.69) is 37.8 Å². The second-order valence-corrected chi connectivity index (χ2v) is 5.12. The molecule has 2 nitrogen and oxygen atoms in total. The molecular formula is C15H27NO. The van der Waals surface area contributed by atoms with Gasteiger partial charge in [-0.1, -0.05) is 32.4 Å². The highest BCUT2D eigenvalue weighted by molar-refractivity contribution is 5.79. The van der Waals surface area contributed by atoms with Crippen molar-refractivity contribution in [1.29, 1.82) is 0 Å². The van der Waals surface area contributed by atoms with E-state index in [1.54, 1.807) is 0 Å². The Hall–Kier alpha value is -0.790. The second-order valence-electron chi connectivity index (χ2n) is 5.12. The highest BCUT2D eigenvalue weighted by Crippen LogP contribution is 2.22. The van der Waals surface area contributed by atoms with Crippen LogP contribution in [0.3, 0.4) is 0 Å². The van der Waals surface area contributed by atoms with Crippen molar-refractivity contribution in [1.82, 2.24) is 4.90 Å². The minimum absolute atomic E-state index is 0.242. The Morgan fingerprint density at radius 1 is 1.41 bits per heavy atom. The first kappa shape index (κ1) is 14.3. The fourth-order valence-electron chi connectivity index (χ4n) is 2.35. The van der Waals surface area contributed by atoms with E-state index >= 15 is 0 Å². The van der Waals surface area contributed by atoms with Crippen LogP contribution in [0.2, 0.25) is 0 Å². The van der Waals surface area contributed by atoms with E-state index in [9.17, 15) is 4.79 Å². The molecule has 0 aromatic carbocycles. The highest BCUT2D eigenvalue weighted by atomic mass is 16.2. The maximum atomic E-state index is 12.5.